The summed E-state index contributed by atoms with van der Waals surface area (Å²) in [5.41, 5.74) is 8.63. The third kappa shape index (κ3) is 3.28. The molecule has 0 aromatic carbocycles. The molecule has 1 saturated heterocycles. The van der Waals surface area contributed by atoms with Crippen molar-refractivity contribution in [2.75, 3.05) is 13.1 Å². The van der Waals surface area contributed by atoms with Crippen molar-refractivity contribution in [2.24, 2.45) is 11.7 Å². The molecule has 2 N–H and O–H groups in total. The van der Waals surface area contributed by atoms with Crippen molar-refractivity contribution < 1.29 is 4.79 Å². The molecule has 0 saturated carbocycles. The lowest BCUT2D eigenvalue weighted by atomic mass is 9.91. The molecule has 1 aliphatic heterocycles. The molecular formula is C16H28N4O. The van der Waals surface area contributed by atoms with Crippen LogP contribution in [0.15, 0.2) is 0 Å². The molecule has 1 amide bonds. The highest BCUT2D eigenvalue weighted by molar-refractivity contribution is 5.96. The number of hydrogen-bond acceptors (Lipinski definition) is 3. The van der Waals surface area contributed by atoms with Gasteiger partial charge in [0.2, 0.25) is 0 Å². The fourth-order valence-corrected chi connectivity index (χ4v) is 3.22. The van der Waals surface area contributed by atoms with E-state index in [0.29, 0.717) is 5.92 Å². The molecule has 0 radical (unpaired) electrons. The monoisotopic (exact) mass is 292 g/mol. The van der Waals surface area contributed by atoms with Crippen LogP contribution in [0.2, 0.25) is 0 Å². The summed E-state index contributed by atoms with van der Waals surface area (Å²) < 4.78 is 1.95. The average Bonchev–Trinajstić information content (AvgIpc) is 2.73. The van der Waals surface area contributed by atoms with Gasteiger partial charge in [-0.2, -0.15) is 5.10 Å². The number of carbonyl (C=O) groups is 1. The zero-order chi connectivity index (χ0) is 15.6. The van der Waals surface area contributed by atoms with Crippen LogP contribution in [-0.4, -0.2) is 39.7 Å². The molecule has 5 heteroatoms. The predicted molar refractivity (Wildman–Crippen MR) is 84.3 cm³/mol. The highest BCUT2D eigenvalue weighted by Crippen LogP contribution is 2.23. The van der Waals surface area contributed by atoms with E-state index in [4.69, 9.17) is 5.73 Å². The summed E-state index contributed by atoms with van der Waals surface area (Å²) in [6.07, 6.45) is 3.18. The largest absolute Gasteiger partial charge is 0.338 e. The molecule has 2 unspecified atom stereocenters. The van der Waals surface area contributed by atoms with Gasteiger partial charge in [0.25, 0.3) is 5.91 Å². The number of amides is 1. The predicted octanol–water partition coefficient (Wildman–Crippen LogP) is 2.11. The number of carbonyl (C=O) groups excluding carboxylic acids is 1. The number of rotatable bonds is 4. The van der Waals surface area contributed by atoms with E-state index in [0.717, 1.165) is 55.8 Å². The van der Waals surface area contributed by atoms with E-state index >= 15 is 0 Å². The van der Waals surface area contributed by atoms with E-state index in [2.05, 4.69) is 12.0 Å². The summed E-state index contributed by atoms with van der Waals surface area (Å²) in [6, 6.07) is 0.144. The first kappa shape index (κ1) is 16.0. The first-order chi connectivity index (χ1) is 9.95. The van der Waals surface area contributed by atoms with Gasteiger partial charge in [-0.1, -0.05) is 6.92 Å². The Bertz CT molecular complexity index is 507. The van der Waals surface area contributed by atoms with E-state index in [9.17, 15) is 4.79 Å². The molecule has 1 aliphatic rings. The minimum atomic E-state index is 0.123. The van der Waals surface area contributed by atoms with Crippen molar-refractivity contribution in [3.8, 4) is 0 Å². The summed E-state index contributed by atoms with van der Waals surface area (Å²) in [5.74, 6) is 0.534. The number of nitrogens with two attached hydrogens (primary N) is 1. The Morgan fingerprint density at radius 1 is 1.48 bits per heavy atom. The molecular weight excluding hydrogens is 264 g/mol. The summed E-state index contributed by atoms with van der Waals surface area (Å²) in [6.45, 7) is 10.6. The van der Waals surface area contributed by atoms with Crippen molar-refractivity contribution in [3.05, 3.63) is 17.0 Å². The van der Waals surface area contributed by atoms with E-state index in [-0.39, 0.29) is 11.9 Å². The molecule has 2 heterocycles. The minimum absolute atomic E-state index is 0.123. The second kappa shape index (κ2) is 6.60. The van der Waals surface area contributed by atoms with Crippen LogP contribution in [0.4, 0.5) is 0 Å². The normalized spacial score (nSPS) is 20.6. The van der Waals surface area contributed by atoms with Gasteiger partial charge in [0.05, 0.1) is 11.3 Å². The first-order valence-electron chi connectivity index (χ1n) is 8.04. The molecule has 118 valence electrons. The Morgan fingerprint density at radius 3 is 2.81 bits per heavy atom. The highest BCUT2D eigenvalue weighted by Gasteiger charge is 2.29. The van der Waals surface area contributed by atoms with Crippen LogP contribution in [0.25, 0.3) is 0 Å². The van der Waals surface area contributed by atoms with Gasteiger partial charge in [-0.05, 0) is 46.0 Å². The number of aromatic nitrogens is 2. The standard InChI is InChI=1S/C16H28N4O/c1-5-8-20-13(4)15(12(3)18-20)16(21)19-9-6-7-14(10-19)11(2)17/h11,14H,5-10,17H2,1-4H3. The minimum Gasteiger partial charge on any atom is -0.338 e. The summed E-state index contributed by atoms with van der Waals surface area (Å²) in [7, 11) is 0. The third-order valence-corrected chi connectivity index (χ3v) is 4.52. The number of hydrogen-bond donors (Lipinski definition) is 1. The Kier molecular flexibility index (Phi) is 5.04. The van der Waals surface area contributed by atoms with Crippen molar-refractivity contribution in [3.63, 3.8) is 0 Å². The maximum atomic E-state index is 12.9. The molecule has 21 heavy (non-hydrogen) atoms. The van der Waals surface area contributed by atoms with Crippen LogP contribution >= 0.6 is 0 Å². The Morgan fingerprint density at radius 2 is 2.19 bits per heavy atom. The highest BCUT2D eigenvalue weighted by atomic mass is 16.2. The summed E-state index contributed by atoms with van der Waals surface area (Å²) in [4.78, 5) is 14.8. The third-order valence-electron chi connectivity index (χ3n) is 4.52. The fraction of sp³-hybridized carbons (Fsp3) is 0.750. The Labute approximate surface area is 127 Å². The van der Waals surface area contributed by atoms with Crippen LogP contribution in [-0.2, 0) is 6.54 Å². The van der Waals surface area contributed by atoms with Crippen molar-refractivity contribution >= 4 is 5.91 Å². The maximum absolute atomic E-state index is 12.9. The first-order valence-corrected chi connectivity index (χ1v) is 8.04. The second-order valence-corrected chi connectivity index (χ2v) is 6.28. The van der Waals surface area contributed by atoms with Gasteiger partial charge < -0.3 is 10.6 Å². The number of nitrogens with zero attached hydrogens (tertiary/aromatic N) is 3. The molecule has 0 bridgehead atoms. The maximum Gasteiger partial charge on any atom is 0.257 e. The van der Waals surface area contributed by atoms with E-state index < -0.39 is 0 Å². The fourth-order valence-electron chi connectivity index (χ4n) is 3.22. The van der Waals surface area contributed by atoms with Gasteiger partial charge in [-0.25, -0.2) is 0 Å². The average molecular weight is 292 g/mol. The van der Waals surface area contributed by atoms with Gasteiger partial charge in [-0.15, -0.1) is 0 Å². The summed E-state index contributed by atoms with van der Waals surface area (Å²) in [5, 5.41) is 4.51. The summed E-state index contributed by atoms with van der Waals surface area (Å²) >= 11 is 0. The van der Waals surface area contributed by atoms with Crippen molar-refractivity contribution in [1.82, 2.24) is 14.7 Å². The second-order valence-electron chi connectivity index (χ2n) is 6.28. The molecule has 2 atom stereocenters. The molecule has 1 aromatic rings. The van der Waals surface area contributed by atoms with Crippen molar-refractivity contribution in [1.29, 1.82) is 0 Å². The Balaban J connectivity index is 2.20. The van der Waals surface area contributed by atoms with Crippen LogP contribution in [0, 0.1) is 19.8 Å². The van der Waals surface area contributed by atoms with Crippen LogP contribution in [0.5, 0.6) is 0 Å². The lowest BCUT2D eigenvalue weighted by Crippen LogP contribution is -2.45. The molecule has 5 nitrogen and oxygen atoms in total. The quantitative estimate of drug-likeness (QED) is 0.924. The zero-order valence-electron chi connectivity index (χ0n) is 13.7. The van der Waals surface area contributed by atoms with Gasteiger partial charge in [0.15, 0.2) is 0 Å². The smallest absolute Gasteiger partial charge is 0.257 e. The van der Waals surface area contributed by atoms with Crippen molar-refractivity contribution in [2.45, 2.75) is 59.5 Å². The van der Waals surface area contributed by atoms with Crippen LogP contribution < -0.4 is 5.73 Å². The van der Waals surface area contributed by atoms with E-state index in [1.54, 1.807) is 0 Å². The molecule has 0 spiro atoms. The van der Waals surface area contributed by atoms with E-state index in [1.807, 2.05) is 30.4 Å². The number of piperidine rings is 1. The topological polar surface area (TPSA) is 64.2 Å². The molecule has 1 aromatic heterocycles. The van der Waals surface area contributed by atoms with Crippen LogP contribution in [0.1, 0.15) is 54.9 Å². The SMILES string of the molecule is CCCn1nc(C)c(C(=O)N2CCCC(C(C)N)C2)c1C. The molecule has 2 rings (SSSR count). The van der Waals surface area contributed by atoms with Gasteiger partial charge in [0, 0.05) is 31.4 Å². The van der Waals surface area contributed by atoms with E-state index in [1.165, 1.54) is 0 Å². The van der Waals surface area contributed by atoms with Crippen LogP contribution in [0.3, 0.4) is 0 Å². The molecule has 1 fully saturated rings. The Hall–Kier alpha value is -1.36. The number of likely N-dealkylation sites (tertiary alicyclic amines) is 1. The van der Waals surface area contributed by atoms with Gasteiger partial charge >= 0.3 is 0 Å². The zero-order valence-corrected chi connectivity index (χ0v) is 13.7. The number of aryl methyl sites for hydroxylation is 2. The van der Waals surface area contributed by atoms with Gasteiger partial charge in [0.1, 0.15) is 0 Å². The molecule has 0 aliphatic carbocycles. The van der Waals surface area contributed by atoms with Gasteiger partial charge in [-0.3, -0.25) is 9.48 Å². The lowest BCUT2D eigenvalue weighted by Gasteiger charge is -2.34. The lowest BCUT2D eigenvalue weighted by molar-refractivity contribution is 0.0659.